The molecule has 0 aliphatic heterocycles. The zero-order valence-corrected chi connectivity index (χ0v) is 11.6. The molecule has 0 bridgehead atoms. The highest BCUT2D eigenvalue weighted by Crippen LogP contribution is 2.16. The van der Waals surface area contributed by atoms with Crippen LogP contribution < -0.4 is 4.74 Å². The van der Waals surface area contributed by atoms with E-state index in [-0.39, 0.29) is 6.61 Å². The van der Waals surface area contributed by atoms with E-state index in [4.69, 9.17) is 15.3 Å². The molecule has 1 N–H and O–H groups in total. The summed E-state index contributed by atoms with van der Waals surface area (Å²) in [5.74, 6) is 0.481. The van der Waals surface area contributed by atoms with E-state index in [1.807, 2.05) is 17.9 Å². The Labute approximate surface area is 119 Å². The van der Waals surface area contributed by atoms with Crippen molar-refractivity contribution in [2.45, 2.75) is 19.4 Å². The maximum absolute atomic E-state index is 9.94. The first-order valence-corrected chi connectivity index (χ1v) is 6.60. The molecule has 0 amide bonds. The number of aliphatic hydroxyl groups is 1. The van der Waals surface area contributed by atoms with Crippen molar-refractivity contribution in [3.8, 4) is 17.9 Å². The molecule has 1 rings (SSSR count). The Balaban J connectivity index is 2.45. The van der Waals surface area contributed by atoms with Gasteiger partial charge in [-0.1, -0.05) is 19.1 Å². The molecule has 1 atom stereocenters. The van der Waals surface area contributed by atoms with Gasteiger partial charge in [-0.25, -0.2) is 0 Å². The molecule has 0 aromatic heterocycles. The monoisotopic (exact) mass is 273 g/mol. The third-order valence-corrected chi connectivity index (χ3v) is 2.89. The predicted octanol–water partition coefficient (Wildman–Crippen LogP) is 1.53. The fourth-order valence-electron chi connectivity index (χ4n) is 1.81. The van der Waals surface area contributed by atoms with E-state index in [0.29, 0.717) is 30.8 Å². The molecular formula is C15H19N3O2. The molecule has 5 heteroatoms. The number of likely N-dealkylation sites (N-methyl/N-ethyl adjacent to an activating group) is 1. The van der Waals surface area contributed by atoms with Crippen LogP contribution in [0.5, 0.6) is 5.75 Å². The molecule has 20 heavy (non-hydrogen) atoms. The largest absolute Gasteiger partial charge is 0.489 e. The SMILES string of the molecule is CCN(CCC#N)CC(O)COc1ccccc1C#N. The first-order chi connectivity index (χ1) is 9.71. The second-order valence-corrected chi connectivity index (χ2v) is 4.37. The van der Waals surface area contributed by atoms with Gasteiger partial charge in [0.05, 0.1) is 11.6 Å². The molecule has 1 aromatic carbocycles. The average molecular weight is 273 g/mol. The van der Waals surface area contributed by atoms with Gasteiger partial charge in [-0.15, -0.1) is 0 Å². The van der Waals surface area contributed by atoms with Crippen LogP contribution in [-0.4, -0.2) is 42.4 Å². The Morgan fingerprint density at radius 1 is 1.35 bits per heavy atom. The van der Waals surface area contributed by atoms with Crippen LogP contribution in [0.15, 0.2) is 24.3 Å². The van der Waals surface area contributed by atoms with E-state index in [0.717, 1.165) is 6.54 Å². The van der Waals surface area contributed by atoms with Crippen LogP contribution in [0.3, 0.4) is 0 Å². The summed E-state index contributed by atoms with van der Waals surface area (Å²) >= 11 is 0. The van der Waals surface area contributed by atoms with Gasteiger partial charge in [0.15, 0.2) is 0 Å². The highest BCUT2D eigenvalue weighted by atomic mass is 16.5. The first kappa shape index (κ1) is 16.0. The zero-order chi connectivity index (χ0) is 14.8. The number of hydrogen-bond donors (Lipinski definition) is 1. The maximum Gasteiger partial charge on any atom is 0.137 e. The van der Waals surface area contributed by atoms with Crippen LogP contribution >= 0.6 is 0 Å². The number of ether oxygens (including phenoxy) is 1. The van der Waals surface area contributed by atoms with E-state index in [1.54, 1.807) is 24.3 Å². The minimum atomic E-state index is -0.652. The third-order valence-electron chi connectivity index (χ3n) is 2.89. The summed E-state index contributed by atoms with van der Waals surface area (Å²) in [5, 5.41) is 27.4. The molecule has 106 valence electrons. The lowest BCUT2D eigenvalue weighted by Crippen LogP contribution is -2.36. The summed E-state index contributed by atoms with van der Waals surface area (Å²) < 4.78 is 5.48. The van der Waals surface area contributed by atoms with Gasteiger partial charge in [0.2, 0.25) is 0 Å². The van der Waals surface area contributed by atoms with Gasteiger partial charge < -0.3 is 9.84 Å². The lowest BCUT2D eigenvalue weighted by molar-refractivity contribution is 0.0705. The fourth-order valence-corrected chi connectivity index (χ4v) is 1.81. The number of hydrogen-bond acceptors (Lipinski definition) is 5. The molecule has 0 radical (unpaired) electrons. The van der Waals surface area contributed by atoms with Crippen molar-refractivity contribution >= 4 is 0 Å². The summed E-state index contributed by atoms with van der Waals surface area (Å²) in [6.45, 7) is 3.97. The quantitative estimate of drug-likeness (QED) is 0.777. The van der Waals surface area contributed by atoms with Crippen molar-refractivity contribution in [3.63, 3.8) is 0 Å². The molecule has 0 aliphatic rings. The molecule has 5 nitrogen and oxygen atoms in total. The number of para-hydroxylation sites is 1. The van der Waals surface area contributed by atoms with Gasteiger partial charge >= 0.3 is 0 Å². The van der Waals surface area contributed by atoms with Crippen LogP contribution in [0.2, 0.25) is 0 Å². The summed E-state index contributed by atoms with van der Waals surface area (Å²) in [4.78, 5) is 1.99. The Morgan fingerprint density at radius 2 is 2.10 bits per heavy atom. The Kier molecular flexibility index (Phi) is 7.13. The highest BCUT2D eigenvalue weighted by molar-refractivity contribution is 5.42. The summed E-state index contributed by atoms with van der Waals surface area (Å²) in [7, 11) is 0. The third kappa shape index (κ3) is 5.27. The molecule has 0 saturated carbocycles. The lowest BCUT2D eigenvalue weighted by Gasteiger charge is -2.22. The van der Waals surface area contributed by atoms with Crippen molar-refractivity contribution in [3.05, 3.63) is 29.8 Å². The topological polar surface area (TPSA) is 80.3 Å². The lowest BCUT2D eigenvalue weighted by atomic mass is 10.2. The van der Waals surface area contributed by atoms with Gasteiger partial charge in [0.25, 0.3) is 0 Å². The summed E-state index contributed by atoms with van der Waals surface area (Å²) in [5.41, 5.74) is 0.455. The second kappa shape index (κ2) is 8.92. The fraction of sp³-hybridized carbons (Fsp3) is 0.467. The molecule has 0 heterocycles. The van der Waals surface area contributed by atoms with E-state index >= 15 is 0 Å². The van der Waals surface area contributed by atoms with Crippen LogP contribution in [0.1, 0.15) is 18.9 Å². The molecule has 1 unspecified atom stereocenters. The number of rotatable bonds is 8. The van der Waals surface area contributed by atoms with Gasteiger partial charge in [0, 0.05) is 19.5 Å². The van der Waals surface area contributed by atoms with Crippen molar-refractivity contribution in [2.24, 2.45) is 0 Å². The standard InChI is InChI=1S/C15H19N3O2/c1-2-18(9-5-8-16)11-14(19)12-20-15-7-4-3-6-13(15)10-17/h3-4,6-7,14,19H,2,5,9,11-12H2,1H3. The van der Waals surface area contributed by atoms with Crippen LogP contribution in [0.25, 0.3) is 0 Å². The minimum Gasteiger partial charge on any atom is -0.489 e. The number of nitriles is 2. The van der Waals surface area contributed by atoms with E-state index < -0.39 is 6.10 Å². The molecule has 0 aliphatic carbocycles. The second-order valence-electron chi connectivity index (χ2n) is 4.37. The van der Waals surface area contributed by atoms with Crippen molar-refractivity contribution in [2.75, 3.05) is 26.2 Å². The van der Waals surface area contributed by atoms with E-state index in [2.05, 4.69) is 6.07 Å². The smallest absolute Gasteiger partial charge is 0.137 e. The zero-order valence-electron chi connectivity index (χ0n) is 11.6. The van der Waals surface area contributed by atoms with Gasteiger partial charge in [-0.3, -0.25) is 4.90 Å². The van der Waals surface area contributed by atoms with Crippen LogP contribution in [0, 0.1) is 22.7 Å². The van der Waals surface area contributed by atoms with Crippen LogP contribution in [-0.2, 0) is 0 Å². The van der Waals surface area contributed by atoms with Gasteiger partial charge in [-0.05, 0) is 18.7 Å². The van der Waals surface area contributed by atoms with Crippen molar-refractivity contribution in [1.82, 2.24) is 4.90 Å². The molecule has 0 spiro atoms. The van der Waals surface area contributed by atoms with E-state index in [9.17, 15) is 5.11 Å². The normalized spacial score (nSPS) is 11.7. The highest BCUT2D eigenvalue weighted by Gasteiger charge is 2.12. The number of benzene rings is 1. The number of nitrogens with zero attached hydrogens (tertiary/aromatic N) is 3. The molecule has 1 aromatic rings. The first-order valence-electron chi connectivity index (χ1n) is 6.60. The van der Waals surface area contributed by atoms with Crippen LogP contribution in [0.4, 0.5) is 0 Å². The van der Waals surface area contributed by atoms with Gasteiger partial charge in [0.1, 0.15) is 24.5 Å². The molecule has 0 saturated heterocycles. The molecular weight excluding hydrogens is 254 g/mol. The van der Waals surface area contributed by atoms with Crippen molar-refractivity contribution in [1.29, 1.82) is 10.5 Å². The molecule has 0 fully saturated rings. The van der Waals surface area contributed by atoms with E-state index in [1.165, 1.54) is 0 Å². The maximum atomic E-state index is 9.94. The Hall–Kier alpha value is -2.08. The minimum absolute atomic E-state index is 0.127. The summed E-state index contributed by atoms with van der Waals surface area (Å²) in [6, 6.07) is 11.1. The van der Waals surface area contributed by atoms with Crippen molar-refractivity contribution < 1.29 is 9.84 Å². The van der Waals surface area contributed by atoms with Gasteiger partial charge in [-0.2, -0.15) is 10.5 Å². The number of aliphatic hydroxyl groups excluding tert-OH is 1. The average Bonchev–Trinajstić information content (AvgIpc) is 2.49. The predicted molar refractivity (Wildman–Crippen MR) is 75.0 cm³/mol. The summed E-state index contributed by atoms with van der Waals surface area (Å²) in [6.07, 6.45) is -0.209. The Morgan fingerprint density at radius 3 is 2.75 bits per heavy atom. The Bertz CT molecular complexity index is 491.